The molecule has 1 aromatic heterocycles. The number of hydrogen-bond acceptors (Lipinski definition) is 2. The molecule has 1 aromatic carbocycles. The Balaban J connectivity index is 1.53. The second-order valence-corrected chi connectivity index (χ2v) is 12.0. The van der Waals surface area contributed by atoms with E-state index in [0.29, 0.717) is 34.7 Å². The maximum atomic E-state index is 12.6. The van der Waals surface area contributed by atoms with Gasteiger partial charge in [-0.1, -0.05) is 34.6 Å². The highest BCUT2D eigenvalue weighted by Crippen LogP contribution is 2.69. The highest BCUT2D eigenvalue weighted by atomic mass is 16.3. The number of ketones is 1. The normalized spacial score (nSPS) is 42.9. The zero-order chi connectivity index (χ0) is 22.2. The summed E-state index contributed by atoms with van der Waals surface area (Å²) in [6.07, 6.45) is 10.1. The van der Waals surface area contributed by atoms with E-state index >= 15 is 0 Å². The summed E-state index contributed by atoms with van der Waals surface area (Å²) < 4.78 is 0. The second-order valence-electron chi connectivity index (χ2n) is 12.0. The fraction of sp³-hybridized carbons (Fsp3) is 0.679. The first-order chi connectivity index (χ1) is 14.6. The predicted octanol–water partition coefficient (Wildman–Crippen LogP) is 6.89. The molecular weight excluding hydrogens is 382 g/mol. The summed E-state index contributed by atoms with van der Waals surface area (Å²) in [5.41, 5.74) is 3.13. The molecule has 2 aromatic rings. The Hall–Kier alpha value is -1.77. The minimum absolute atomic E-state index is 0.167. The van der Waals surface area contributed by atoms with E-state index < -0.39 is 0 Å². The number of rotatable bonds is 2. The third kappa shape index (κ3) is 2.87. The van der Waals surface area contributed by atoms with Gasteiger partial charge in [-0.3, -0.25) is 4.79 Å². The maximum absolute atomic E-state index is 12.6. The number of nitrogens with one attached hydrogen (secondary N) is 1. The standard InChI is InChI=1S/C28H39NO2/c1-17-10-12-27(4)24-9-8-23(31)18(2)26(24,3)13-11-25(27)28(17,5)15-19-16-29-22-14-20(30)6-7-21(19)22/h6-7,14,16-18,24-25,29-30H,8-13,15H2,1-5H3/t17-,18+,24+,25-,26+,27+,28+/m1/s1. The average molecular weight is 422 g/mol. The smallest absolute Gasteiger partial charge is 0.136 e. The van der Waals surface area contributed by atoms with Crippen LogP contribution in [0.25, 0.3) is 10.9 Å². The van der Waals surface area contributed by atoms with E-state index in [1.165, 1.54) is 36.6 Å². The van der Waals surface area contributed by atoms with Crippen LogP contribution in [0.1, 0.15) is 78.7 Å². The van der Waals surface area contributed by atoms with E-state index in [1.807, 2.05) is 12.1 Å². The molecule has 0 amide bonds. The fourth-order valence-electron chi connectivity index (χ4n) is 8.66. The van der Waals surface area contributed by atoms with Gasteiger partial charge in [-0.05, 0) is 90.2 Å². The molecule has 2 N–H and O–H groups in total. The molecule has 31 heavy (non-hydrogen) atoms. The molecule has 7 atom stereocenters. The van der Waals surface area contributed by atoms with Crippen molar-refractivity contribution in [2.75, 3.05) is 0 Å². The van der Waals surface area contributed by atoms with Crippen molar-refractivity contribution >= 4 is 16.7 Å². The molecule has 3 aliphatic rings. The molecule has 5 rings (SSSR count). The van der Waals surface area contributed by atoms with Crippen molar-refractivity contribution in [3.05, 3.63) is 30.0 Å². The maximum Gasteiger partial charge on any atom is 0.136 e. The zero-order valence-electron chi connectivity index (χ0n) is 19.9. The lowest BCUT2D eigenvalue weighted by Crippen LogP contribution is -2.61. The second kappa shape index (κ2) is 6.86. The molecule has 3 fully saturated rings. The first kappa shape index (κ1) is 21.1. The largest absolute Gasteiger partial charge is 0.508 e. The number of aromatic hydroxyl groups is 1. The van der Waals surface area contributed by atoms with E-state index in [-0.39, 0.29) is 16.7 Å². The van der Waals surface area contributed by atoms with E-state index in [0.717, 1.165) is 24.8 Å². The summed E-state index contributed by atoms with van der Waals surface area (Å²) >= 11 is 0. The minimum atomic E-state index is 0.167. The Morgan fingerprint density at radius 3 is 2.55 bits per heavy atom. The highest BCUT2D eigenvalue weighted by Gasteiger charge is 2.63. The molecule has 3 saturated carbocycles. The van der Waals surface area contributed by atoms with Gasteiger partial charge in [-0.15, -0.1) is 0 Å². The monoisotopic (exact) mass is 421 g/mol. The van der Waals surface area contributed by atoms with Crippen LogP contribution in [0.5, 0.6) is 5.75 Å². The number of hydrogen-bond donors (Lipinski definition) is 2. The number of aromatic nitrogens is 1. The van der Waals surface area contributed by atoms with Gasteiger partial charge in [0.05, 0.1) is 0 Å². The van der Waals surface area contributed by atoms with Crippen molar-refractivity contribution in [3.8, 4) is 5.75 Å². The number of benzene rings is 1. The van der Waals surface area contributed by atoms with E-state index in [9.17, 15) is 9.90 Å². The van der Waals surface area contributed by atoms with E-state index in [4.69, 9.17) is 0 Å². The number of aromatic amines is 1. The Kier molecular flexibility index (Phi) is 4.67. The van der Waals surface area contributed by atoms with Crippen molar-refractivity contribution in [1.29, 1.82) is 0 Å². The van der Waals surface area contributed by atoms with Gasteiger partial charge in [0.25, 0.3) is 0 Å². The molecule has 0 saturated heterocycles. The number of phenolic OH excluding ortho intramolecular Hbond substituents is 1. The molecule has 3 nitrogen and oxygen atoms in total. The van der Waals surface area contributed by atoms with Crippen LogP contribution >= 0.6 is 0 Å². The van der Waals surface area contributed by atoms with Crippen molar-refractivity contribution in [2.45, 2.75) is 79.6 Å². The number of carbonyl (C=O) groups is 1. The molecule has 0 aliphatic heterocycles. The number of carbonyl (C=O) groups excluding carboxylic acids is 1. The van der Waals surface area contributed by atoms with Crippen molar-refractivity contribution in [2.24, 2.45) is 39.9 Å². The Morgan fingerprint density at radius 2 is 1.77 bits per heavy atom. The van der Waals surface area contributed by atoms with Gasteiger partial charge in [0, 0.05) is 35.5 Å². The third-order valence-corrected chi connectivity index (χ3v) is 10.9. The summed E-state index contributed by atoms with van der Waals surface area (Å²) in [5.74, 6) is 3.03. The molecule has 0 bridgehead atoms. The minimum Gasteiger partial charge on any atom is -0.508 e. The van der Waals surface area contributed by atoms with Crippen molar-refractivity contribution in [3.63, 3.8) is 0 Å². The van der Waals surface area contributed by atoms with Gasteiger partial charge >= 0.3 is 0 Å². The van der Waals surface area contributed by atoms with Gasteiger partial charge in [-0.25, -0.2) is 0 Å². The molecule has 3 aliphatic carbocycles. The first-order valence-electron chi connectivity index (χ1n) is 12.4. The SMILES string of the molecule is C[C@@H]1CC[C@]2(C)[C@@H](CC[C@]3(C)[C@@H]2CCC(=O)[C@@H]3C)[C@@]1(C)Cc1c[nH]c2cc(O)ccc12. The first-order valence-corrected chi connectivity index (χ1v) is 12.4. The summed E-state index contributed by atoms with van der Waals surface area (Å²) in [4.78, 5) is 16.0. The lowest BCUT2D eigenvalue weighted by molar-refractivity contribution is -0.182. The van der Waals surface area contributed by atoms with Crippen LogP contribution in [0, 0.1) is 39.9 Å². The number of fused-ring (bicyclic) bond motifs is 4. The lowest BCUT2D eigenvalue weighted by atomic mass is 9.37. The molecule has 0 unspecified atom stereocenters. The van der Waals surface area contributed by atoms with Gasteiger partial charge < -0.3 is 10.1 Å². The zero-order valence-corrected chi connectivity index (χ0v) is 19.9. The molecular formula is C28H39NO2. The highest BCUT2D eigenvalue weighted by molar-refractivity contribution is 5.84. The van der Waals surface area contributed by atoms with Crippen LogP contribution in [0.4, 0.5) is 0 Å². The van der Waals surface area contributed by atoms with E-state index in [2.05, 4.69) is 51.9 Å². The van der Waals surface area contributed by atoms with Crippen LogP contribution in [0.15, 0.2) is 24.4 Å². The number of Topliss-reactive ketones (excluding diaryl/α,β-unsaturated/α-hetero) is 1. The molecule has 0 spiro atoms. The van der Waals surface area contributed by atoms with Gasteiger partial charge in [0.1, 0.15) is 11.5 Å². The summed E-state index contributed by atoms with van der Waals surface area (Å²) in [5, 5.41) is 11.1. The van der Waals surface area contributed by atoms with Crippen LogP contribution in [-0.2, 0) is 11.2 Å². The number of H-pyrrole nitrogens is 1. The average Bonchev–Trinajstić information content (AvgIpc) is 3.10. The van der Waals surface area contributed by atoms with Gasteiger partial charge in [-0.2, -0.15) is 0 Å². The summed E-state index contributed by atoms with van der Waals surface area (Å²) in [6.45, 7) is 12.3. The molecule has 168 valence electrons. The van der Waals surface area contributed by atoms with Gasteiger partial charge in [0.15, 0.2) is 0 Å². The van der Waals surface area contributed by atoms with Crippen molar-refractivity contribution < 1.29 is 9.90 Å². The summed E-state index contributed by atoms with van der Waals surface area (Å²) in [6, 6.07) is 5.71. The Bertz CT molecular complexity index is 1020. The van der Waals surface area contributed by atoms with Crippen LogP contribution in [0.3, 0.4) is 0 Å². The molecule has 3 heteroatoms. The van der Waals surface area contributed by atoms with Crippen molar-refractivity contribution in [1.82, 2.24) is 4.98 Å². The molecule has 0 radical (unpaired) electrons. The van der Waals surface area contributed by atoms with Gasteiger partial charge in [0.2, 0.25) is 0 Å². The quantitative estimate of drug-likeness (QED) is 0.555. The topological polar surface area (TPSA) is 53.1 Å². The Labute approximate surface area is 187 Å². The third-order valence-electron chi connectivity index (χ3n) is 10.9. The van der Waals surface area contributed by atoms with Crippen LogP contribution < -0.4 is 0 Å². The van der Waals surface area contributed by atoms with Crippen LogP contribution in [-0.4, -0.2) is 15.9 Å². The van der Waals surface area contributed by atoms with E-state index in [1.54, 1.807) is 0 Å². The Morgan fingerprint density at radius 1 is 1.03 bits per heavy atom. The fourth-order valence-corrected chi connectivity index (χ4v) is 8.66. The lowest BCUT2D eigenvalue weighted by Gasteiger charge is -2.67. The van der Waals surface area contributed by atoms with Crippen LogP contribution in [0.2, 0.25) is 0 Å². The predicted molar refractivity (Wildman–Crippen MR) is 126 cm³/mol. The molecule has 1 heterocycles. The summed E-state index contributed by atoms with van der Waals surface area (Å²) in [7, 11) is 0. The number of phenols is 1.